The highest BCUT2D eigenvalue weighted by Crippen LogP contribution is 2.29. The van der Waals surface area contributed by atoms with Gasteiger partial charge in [-0.05, 0) is 50.5 Å². The van der Waals surface area contributed by atoms with Crippen molar-refractivity contribution < 1.29 is 14.7 Å². The number of aliphatic carboxylic acids is 1. The minimum Gasteiger partial charge on any atom is -0.481 e. The number of rotatable bonds is 9. The number of nitrogens with two attached hydrogens (primary N) is 1. The smallest absolute Gasteiger partial charge is 0.303 e. The van der Waals surface area contributed by atoms with Crippen molar-refractivity contribution in [3.05, 3.63) is 34.3 Å². The normalized spacial score (nSPS) is 11.9. The van der Waals surface area contributed by atoms with Gasteiger partial charge in [0.05, 0.1) is 11.4 Å². The molecule has 1 atom stereocenters. The molecule has 2 aromatic rings. The second-order valence-electron chi connectivity index (χ2n) is 6.52. The number of carboxylic acids is 1. The number of nitriles is 1. The molecule has 0 saturated heterocycles. The predicted octanol–water partition coefficient (Wildman–Crippen LogP) is 3.82. The van der Waals surface area contributed by atoms with Crippen molar-refractivity contribution in [3.8, 4) is 6.07 Å². The van der Waals surface area contributed by atoms with Crippen LogP contribution < -0.4 is 11.1 Å². The van der Waals surface area contributed by atoms with E-state index in [1.54, 1.807) is 25.1 Å². The number of thiazole rings is 1. The molecule has 4 N–H and O–H groups in total. The minimum absolute atomic E-state index is 0.0642. The van der Waals surface area contributed by atoms with Gasteiger partial charge in [-0.3, -0.25) is 9.59 Å². The summed E-state index contributed by atoms with van der Waals surface area (Å²) in [5, 5.41) is 29.4. The number of azo groups is 1. The first-order valence-corrected chi connectivity index (χ1v) is 9.79. The van der Waals surface area contributed by atoms with Gasteiger partial charge in [-0.1, -0.05) is 11.3 Å². The Morgan fingerprint density at radius 2 is 2.14 bits per heavy atom. The third kappa shape index (κ3) is 7.06. The van der Waals surface area contributed by atoms with E-state index in [1.165, 1.54) is 0 Å². The maximum Gasteiger partial charge on any atom is 0.303 e. The quantitative estimate of drug-likeness (QED) is 0.530. The summed E-state index contributed by atoms with van der Waals surface area (Å²) in [5.74, 6) is -1.10. The summed E-state index contributed by atoms with van der Waals surface area (Å²) in [7, 11) is 0. The van der Waals surface area contributed by atoms with Crippen LogP contribution in [0, 0.1) is 18.3 Å². The number of nitrogens with zero attached hydrogens (tertiary/aromatic N) is 4. The zero-order valence-electron chi connectivity index (χ0n) is 16.2. The van der Waals surface area contributed by atoms with Crippen LogP contribution >= 0.6 is 11.3 Å². The zero-order chi connectivity index (χ0) is 21.4. The van der Waals surface area contributed by atoms with Crippen LogP contribution in [0.15, 0.2) is 28.4 Å². The second-order valence-corrected chi connectivity index (χ2v) is 7.50. The highest BCUT2D eigenvalue weighted by atomic mass is 32.1. The fraction of sp³-hybridized carbons (Fsp3) is 0.368. The number of nitrogens with one attached hydrogen (secondary N) is 1. The lowest BCUT2D eigenvalue weighted by Gasteiger charge is -2.10. The van der Waals surface area contributed by atoms with Crippen LogP contribution in [0.3, 0.4) is 0 Å². The average Bonchev–Trinajstić information content (AvgIpc) is 3.03. The fourth-order valence-corrected chi connectivity index (χ4v) is 3.10. The highest BCUT2D eigenvalue weighted by molar-refractivity contribution is 7.15. The molecular weight excluding hydrogens is 392 g/mol. The van der Waals surface area contributed by atoms with Crippen molar-refractivity contribution in [2.75, 3.05) is 5.32 Å². The molecule has 0 aliphatic rings. The van der Waals surface area contributed by atoms with Gasteiger partial charge in [0.2, 0.25) is 11.0 Å². The average molecular weight is 414 g/mol. The van der Waals surface area contributed by atoms with E-state index in [0.29, 0.717) is 45.5 Å². The van der Waals surface area contributed by atoms with Crippen LogP contribution in [0.25, 0.3) is 0 Å². The SMILES string of the molecule is Cc1nc(N=Nc2ccc(NC(=O)CCC(C)N)cc2CCC(=O)O)sc1C#N. The van der Waals surface area contributed by atoms with Crippen LogP contribution in [-0.4, -0.2) is 28.0 Å². The molecule has 0 radical (unpaired) electrons. The molecule has 1 amide bonds. The van der Waals surface area contributed by atoms with Gasteiger partial charge in [-0.2, -0.15) is 5.26 Å². The van der Waals surface area contributed by atoms with E-state index in [0.717, 1.165) is 11.3 Å². The number of benzene rings is 1. The molecule has 152 valence electrons. The Labute approximate surface area is 172 Å². The van der Waals surface area contributed by atoms with Gasteiger partial charge in [-0.15, -0.1) is 10.2 Å². The largest absolute Gasteiger partial charge is 0.481 e. The standard InChI is InChI=1S/C19H22N6O3S/c1-11(21)3-7-17(26)23-14-5-6-15(13(9-14)4-8-18(27)28)24-25-19-22-12(2)16(10-20)29-19/h5-6,9,11H,3-4,7-8,21H2,1-2H3,(H,23,26)(H,27,28). The summed E-state index contributed by atoms with van der Waals surface area (Å²) >= 11 is 1.13. The Hall–Kier alpha value is -3.16. The number of amides is 1. The molecule has 0 fully saturated rings. The number of carboxylic acid groups (broad SMARTS) is 1. The van der Waals surface area contributed by atoms with Crippen molar-refractivity contribution in [2.24, 2.45) is 16.0 Å². The molecule has 9 nitrogen and oxygen atoms in total. The third-order valence-electron chi connectivity index (χ3n) is 3.93. The van der Waals surface area contributed by atoms with E-state index in [-0.39, 0.29) is 24.8 Å². The lowest BCUT2D eigenvalue weighted by atomic mass is 10.1. The number of carbonyl (C=O) groups excluding carboxylic acids is 1. The first-order chi connectivity index (χ1) is 13.8. The van der Waals surface area contributed by atoms with E-state index in [1.807, 2.05) is 13.0 Å². The van der Waals surface area contributed by atoms with Crippen molar-refractivity contribution in [2.45, 2.75) is 45.6 Å². The van der Waals surface area contributed by atoms with Crippen molar-refractivity contribution in [1.29, 1.82) is 5.26 Å². The molecule has 0 aliphatic heterocycles. The van der Waals surface area contributed by atoms with Crippen LogP contribution in [-0.2, 0) is 16.0 Å². The molecule has 1 unspecified atom stereocenters. The van der Waals surface area contributed by atoms with Gasteiger partial charge in [0.25, 0.3) is 0 Å². The van der Waals surface area contributed by atoms with Gasteiger partial charge in [-0.25, -0.2) is 4.98 Å². The molecule has 2 rings (SSSR count). The molecular formula is C19H22N6O3S. The maximum atomic E-state index is 12.0. The van der Waals surface area contributed by atoms with E-state index < -0.39 is 5.97 Å². The molecule has 0 spiro atoms. The van der Waals surface area contributed by atoms with E-state index >= 15 is 0 Å². The molecule has 10 heteroatoms. The Bertz CT molecular complexity index is 961. The van der Waals surface area contributed by atoms with Gasteiger partial charge >= 0.3 is 5.97 Å². The topological polar surface area (TPSA) is 154 Å². The number of hydrogen-bond donors (Lipinski definition) is 3. The molecule has 1 aromatic carbocycles. The second kappa shape index (κ2) is 10.4. The van der Waals surface area contributed by atoms with Gasteiger partial charge < -0.3 is 16.2 Å². The lowest BCUT2D eigenvalue weighted by Crippen LogP contribution is -2.19. The molecule has 0 bridgehead atoms. The molecule has 0 aliphatic carbocycles. The number of anilines is 1. The van der Waals surface area contributed by atoms with Crippen molar-refractivity contribution >= 4 is 39.7 Å². The zero-order valence-corrected chi connectivity index (χ0v) is 17.0. The van der Waals surface area contributed by atoms with Crippen LogP contribution in [0.1, 0.15) is 42.3 Å². The van der Waals surface area contributed by atoms with E-state index in [4.69, 9.17) is 16.1 Å². The minimum atomic E-state index is -0.937. The van der Waals surface area contributed by atoms with Crippen LogP contribution in [0.2, 0.25) is 0 Å². The summed E-state index contributed by atoms with van der Waals surface area (Å²) in [5.41, 5.74) is 7.92. The molecule has 1 heterocycles. The first-order valence-electron chi connectivity index (χ1n) is 8.98. The summed E-state index contributed by atoms with van der Waals surface area (Å²) in [4.78, 5) is 27.6. The van der Waals surface area contributed by atoms with Gasteiger partial charge in [0, 0.05) is 24.6 Å². The van der Waals surface area contributed by atoms with Gasteiger partial charge in [0.15, 0.2) is 0 Å². The summed E-state index contributed by atoms with van der Waals surface area (Å²) in [6, 6.07) is 7.00. The monoisotopic (exact) mass is 414 g/mol. The molecule has 29 heavy (non-hydrogen) atoms. The Morgan fingerprint density at radius 1 is 1.38 bits per heavy atom. The summed E-state index contributed by atoms with van der Waals surface area (Å²) in [6.45, 7) is 3.55. The number of aryl methyl sites for hydroxylation is 2. The summed E-state index contributed by atoms with van der Waals surface area (Å²) in [6.07, 6.45) is 1.02. The number of hydrogen-bond acceptors (Lipinski definition) is 8. The highest BCUT2D eigenvalue weighted by Gasteiger charge is 2.10. The van der Waals surface area contributed by atoms with E-state index in [9.17, 15) is 9.59 Å². The van der Waals surface area contributed by atoms with Crippen molar-refractivity contribution in [3.63, 3.8) is 0 Å². The maximum absolute atomic E-state index is 12.0. The molecule has 0 saturated carbocycles. The third-order valence-corrected chi connectivity index (χ3v) is 4.87. The Kier molecular flexibility index (Phi) is 7.94. The van der Waals surface area contributed by atoms with E-state index in [2.05, 4.69) is 20.5 Å². The number of aromatic nitrogens is 1. The lowest BCUT2D eigenvalue weighted by molar-refractivity contribution is -0.137. The summed E-state index contributed by atoms with van der Waals surface area (Å²) < 4.78 is 0. The predicted molar refractivity (Wildman–Crippen MR) is 110 cm³/mol. The fourth-order valence-electron chi connectivity index (χ4n) is 2.41. The molecule has 1 aromatic heterocycles. The van der Waals surface area contributed by atoms with Gasteiger partial charge in [0.1, 0.15) is 10.9 Å². The number of carbonyl (C=O) groups is 2. The first kappa shape index (κ1) is 22.1. The van der Waals surface area contributed by atoms with Crippen molar-refractivity contribution in [1.82, 2.24) is 4.98 Å². The Morgan fingerprint density at radius 3 is 2.76 bits per heavy atom. The van der Waals surface area contributed by atoms with Crippen LogP contribution in [0.5, 0.6) is 0 Å². The van der Waals surface area contributed by atoms with Crippen LogP contribution in [0.4, 0.5) is 16.5 Å². The Balaban J connectivity index is 2.21.